The average Bonchev–Trinajstić information content (AvgIpc) is 2.26. The Bertz CT molecular complexity index is 239. The van der Waals surface area contributed by atoms with Gasteiger partial charge in [0.15, 0.2) is 6.10 Å². The van der Waals surface area contributed by atoms with Gasteiger partial charge in [0, 0.05) is 0 Å². The molecule has 2 unspecified atom stereocenters. The van der Waals surface area contributed by atoms with Crippen LogP contribution in [0, 0.1) is 0 Å². The number of rotatable bonds is 4. The lowest BCUT2D eigenvalue weighted by Crippen LogP contribution is -2.47. The van der Waals surface area contributed by atoms with Gasteiger partial charge < -0.3 is 25.6 Å². The second-order valence-corrected chi connectivity index (χ2v) is 3.10. The zero-order valence-corrected chi connectivity index (χ0v) is 8.14. The molecule has 0 bridgehead atoms. The normalized spacial score (nSPS) is 23.1. The van der Waals surface area contributed by atoms with Crippen LogP contribution in [0.5, 0.6) is 0 Å². The first-order chi connectivity index (χ1) is 7.11. The molecule has 7 nitrogen and oxygen atoms in total. The number of carbonyl (C=O) groups excluding carboxylic acids is 2. The Hall–Kier alpha value is -1.18. The molecule has 15 heavy (non-hydrogen) atoms. The molecule has 2 amide bonds. The second kappa shape index (κ2) is 5.64. The minimum absolute atomic E-state index is 0.179. The maximum absolute atomic E-state index is 11.3. The predicted molar refractivity (Wildman–Crippen MR) is 48.8 cm³/mol. The van der Waals surface area contributed by atoms with Gasteiger partial charge >= 0.3 is 0 Å². The highest BCUT2D eigenvalue weighted by Crippen LogP contribution is 2.00. The maximum Gasteiger partial charge on any atom is 0.251 e. The Labute approximate surface area is 86.5 Å². The van der Waals surface area contributed by atoms with Crippen LogP contribution in [0.15, 0.2) is 0 Å². The van der Waals surface area contributed by atoms with Crippen LogP contribution in [0.25, 0.3) is 0 Å². The topological polar surface area (TPSA) is 111 Å². The van der Waals surface area contributed by atoms with E-state index in [0.717, 1.165) is 0 Å². The number of aliphatic hydroxyl groups excluding tert-OH is 1. The molecule has 0 saturated carbocycles. The Kier molecular flexibility index (Phi) is 4.47. The molecule has 0 aliphatic carbocycles. The van der Waals surface area contributed by atoms with Crippen molar-refractivity contribution in [1.29, 1.82) is 0 Å². The van der Waals surface area contributed by atoms with Crippen LogP contribution >= 0.6 is 0 Å². The molecular weight excluding hydrogens is 204 g/mol. The molecule has 1 heterocycles. The van der Waals surface area contributed by atoms with Crippen LogP contribution in [0.4, 0.5) is 0 Å². The lowest BCUT2D eigenvalue weighted by molar-refractivity contribution is -0.148. The number of ether oxygens (including phenoxy) is 2. The molecular formula is C8H14N2O5. The monoisotopic (exact) mass is 218 g/mol. The summed E-state index contributed by atoms with van der Waals surface area (Å²) in [5, 5.41) is 11.4. The largest absolute Gasteiger partial charge is 0.381 e. The van der Waals surface area contributed by atoms with Gasteiger partial charge in [0.1, 0.15) is 6.10 Å². The van der Waals surface area contributed by atoms with Gasteiger partial charge in [0.05, 0.1) is 26.4 Å². The second-order valence-electron chi connectivity index (χ2n) is 3.10. The number of amides is 2. The smallest absolute Gasteiger partial charge is 0.251 e. The summed E-state index contributed by atoms with van der Waals surface area (Å²) in [6.45, 7) is 0.788. The van der Waals surface area contributed by atoms with Crippen LogP contribution in [0.2, 0.25) is 0 Å². The summed E-state index contributed by atoms with van der Waals surface area (Å²) in [4.78, 5) is 21.8. The van der Waals surface area contributed by atoms with Crippen LogP contribution in [-0.4, -0.2) is 55.5 Å². The van der Waals surface area contributed by atoms with E-state index in [9.17, 15) is 9.59 Å². The van der Waals surface area contributed by atoms with Gasteiger partial charge in [0.25, 0.3) is 5.91 Å². The summed E-state index contributed by atoms with van der Waals surface area (Å²) in [7, 11) is 0. The van der Waals surface area contributed by atoms with Crippen molar-refractivity contribution in [2.45, 2.75) is 12.2 Å². The average molecular weight is 218 g/mol. The zero-order chi connectivity index (χ0) is 11.3. The molecule has 0 aromatic heterocycles. The molecule has 0 spiro atoms. The Morgan fingerprint density at radius 3 is 2.80 bits per heavy atom. The van der Waals surface area contributed by atoms with Gasteiger partial charge in [-0.05, 0) is 0 Å². The first kappa shape index (κ1) is 11.9. The number of carbonyl (C=O) groups is 2. The third-order valence-electron chi connectivity index (χ3n) is 1.91. The minimum Gasteiger partial charge on any atom is -0.381 e. The molecule has 1 aliphatic rings. The minimum atomic E-state index is -1.38. The lowest BCUT2D eigenvalue weighted by Gasteiger charge is -2.22. The highest BCUT2D eigenvalue weighted by molar-refractivity contribution is 5.83. The molecule has 0 radical (unpaired) electrons. The van der Waals surface area contributed by atoms with Crippen molar-refractivity contribution in [1.82, 2.24) is 5.32 Å². The van der Waals surface area contributed by atoms with Crippen molar-refractivity contribution in [2.24, 2.45) is 5.73 Å². The fourth-order valence-corrected chi connectivity index (χ4v) is 1.05. The number of hydrogen-bond donors (Lipinski definition) is 3. The van der Waals surface area contributed by atoms with Crippen LogP contribution in [-0.2, 0) is 19.1 Å². The zero-order valence-electron chi connectivity index (χ0n) is 8.14. The van der Waals surface area contributed by atoms with Gasteiger partial charge in [-0.15, -0.1) is 0 Å². The van der Waals surface area contributed by atoms with Gasteiger partial charge in [-0.3, -0.25) is 9.59 Å². The summed E-state index contributed by atoms with van der Waals surface area (Å²) in [6, 6.07) is 0. The fourth-order valence-electron chi connectivity index (χ4n) is 1.05. The van der Waals surface area contributed by atoms with Crippen molar-refractivity contribution >= 4 is 11.8 Å². The quantitative estimate of drug-likeness (QED) is 0.478. The summed E-state index contributed by atoms with van der Waals surface area (Å²) in [5.41, 5.74) is 4.80. The number of nitrogens with one attached hydrogen (secondary N) is 1. The van der Waals surface area contributed by atoms with Crippen molar-refractivity contribution < 1.29 is 24.2 Å². The molecule has 1 rings (SSSR count). The van der Waals surface area contributed by atoms with Crippen molar-refractivity contribution in [2.75, 3.05) is 26.4 Å². The summed E-state index contributed by atoms with van der Waals surface area (Å²) < 4.78 is 10.1. The van der Waals surface area contributed by atoms with E-state index in [1.165, 1.54) is 0 Å². The fraction of sp³-hybridized carbons (Fsp3) is 0.750. The van der Waals surface area contributed by atoms with Crippen LogP contribution in [0.1, 0.15) is 0 Å². The predicted octanol–water partition coefficient (Wildman–Crippen LogP) is -2.64. The van der Waals surface area contributed by atoms with E-state index >= 15 is 0 Å². The van der Waals surface area contributed by atoms with Gasteiger partial charge in [-0.25, -0.2) is 0 Å². The van der Waals surface area contributed by atoms with Crippen molar-refractivity contribution in [3.8, 4) is 0 Å². The molecule has 86 valence electrons. The maximum atomic E-state index is 11.3. The number of primary amides is 1. The molecule has 0 aromatic carbocycles. The first-order valence-electron chi connectivity index (χ1n) is 4.55. The standard InChI is InChI=1S/C8H14N2O5/c9-7(12)5(11)3-10-8(13)6-4-14-1-2-15-6/h5-6,11H,1-4H2,(H2,9,12)(H,10,13). The van der Waals surface area contributed by atoms with Gasteiger partial charge in [-0.2, -0.15) is 0 Å². The molecule has 2 atom stereocenters. The van der Waals surface area contributed by atoms with E-state index in [4.69, 9.17) is 20.3 Å². The van der Waals surface area contributed by atoms with E-state index in [-0.39, 0.29) is 13.2 Å². The highest BCUT2D eigenvalue weighted by atomic mass is 16.6. The SMILES string of the molecule is NC(=O)C(O)CNC(=O)C1COCCO1. The van der Waals surface area contributed by atoms with Gasteiger partial charge in [-0.1, -0.05) is 0 Å². The Morgan fingerprint density at radius 1 is 1.53 bits per heavy atom. The van der Waals surface area contributed by atoms with E-state index in [1.54, 1.807) is 0 Å². The van der Waals surface area contributed by atoms with E-state index in [0.29, 0.717) is 13.2 Å². The summed E-state index contributed by atoms with van der Waals surface area (Å²) >= 11 is 0. The third-order valence-corrected chi connectivity index (χ3v) is 1.91. The molecule has 7 heteroatoms. The lowest BCUT2D eigenvalue weighted by atomic mass is 10.3. The van der Waals surface area contributed by atoms with E-state index in [1.807, 2.05) is 0 Å². The van der Waals surface area contributed by atoms with Crippen LogP contribution in [0.3, 0.4) is 0 Å². The summed E-state index contributed by atoms with van der Waals surface area (Å²) in [6.07, 6.45) is -2.06. The Morgan fingerprint density at radius 2 is 2.27 bits per heavy atom. The van der Waals surface area contributed by atoms with Crippen LogP contribution < -0.4 is 11.1 Å². The first-order valence-corrected chi connectivity index (χ1v) is 4.55. The summed E-state index contributed by atoms with van der Waals surface area (Å²) in [5.74, 6) is -1.30. The number of nitrogens with two attached hydrogens (primary N) is 1. The van der Waals surface area contributed by atoms with E-state index < -0.39 is 24.0 Å². The number of aliphatic hydroxyl groups is 1. The third kappa shape index (κ3) is 3.82. The van der Waals surface area contributed by atoms with Crippen molar-refractivity contribution in [3.05, 3.63) is 0 Å². The number of hydrogen-bond acceptors (Lipinski definition) is 5. The molecule has 1 saturated heterocycles. The van der Waals surface area contributed by atoms with E-state index in [2.05, 4.69) is 5.32 Å². The molecule has 1 fully saturated rings. The molecule has 0 aromatic rings. The molecule has 4 N–H and O–H groups in total. The van der Waals surface area contributed by atoms with Crippen molar-refractivity contribution in [3.63, 3.8) is 0 Å². The highest BCUT2D eigenvalue weighted by Gasteiger charge is 2.23. The van der Waals surface area contributed by atoms with Gasteiger partial charge in [0.2, 0.25) is 5.91 Å². The Balaban J connectivity index is 2.25. The molecule has 1 aliphatic heterocycles.